The molecule has 0 saturated heterocycles. The molecular formula is C27H40O4. The predicted octanol–water partition coefficient (Wildman–Crippen LogP) is 5.23. The molecule has 0 aromatic heterocycles. The van der Waals surface area contributed by atoms with E-state index < -0.39 is 5.60 Å². The minimum Gasteiger partial charge on any atom is -0.466 e. The molecule has 0 heterocycles. The number of allylic oxidation sites excluding steroid dienone is 1. The van der Waals surface area contributed by atoms with E-state index >= 15 is 0 Å². The number of carbonyl (C=O) groups excluding carboxylic acids is 2. The molecule has 0 aromatic carbocycles. The molecule has 4 fully saturated rings. The van der Waals surface area contributed by atoms with Crippen molar-refractivity contribution in [3.8, 4) is 0 Å². The molecule has 0 aliphatic heterocycles. The average molecular weight is 429 g/mol. The third kappa shape index (κ3) is 2.96. The van der Waals surface area contributed by atoms with Crippen LogP contribution >= 0.6 is 0 Å². The summed E-state index contributed by atoms with van der Waals surface area (Å²) in [5.74, 6) is 2.94. The van der Waals surface area contributed by atoms with E-state index in [-0.39, 0.29) is 16.8 Å². The summed E-state index contributed by atoms with van der Waals surface area (Å²) >= 11 is 0. The molecule has 4 saturated carbocycles. The lowest BCUT2D eigenvalue weighted by molar-refractivity contribution is -0.157. The third-order valence-electron chi connectivity index (χ3n) is 10.8. The first-order valence-corrected chi connectivity index (χ1v) is 12.9. The Morgan fingerprint density at radius 2 is 1.87 bits per heavy atom. The quantitative estimate of drug-likeness (QED) is 0.609. The van der Waals surface area contributed by atoms with E-state index in [4.69, 9.17) is 4.74 Å². The van der Waals surface area contributed by atoms with Crippen molar-refractivity contribution < 1.29 is 19.4 Å². The van der Waals surface area contributed by atoms with Crippen molar-refractivity contribution in [2.24, 2.45) is 40.4 Å². The summed E-state index contributed by atoms with van der Waals surface area (Å²) in [6.07, 6.45) is 12.1. The second-order valence-electron chi connectivity index (χ2n) is 11.8. The van der Waals surface area contributed by atoms with Gasteiger partial charge < -0.3 is 9.84 Å². The van der Waals surface area contributed by atoms with E-state index in [0.717, 1.165) is 44.9 Å². The standard InChI is InChI=1S/C27H40O4/c1-4-15-31-23(29)11-14-27(30)22-8-7-20(22)24-19-6-5-17-16-18(28)9-12-25(17,2)21(19)10-13-26(24,27)3/h16,19-22,24,30H,4-15H2,1-3H3/t19-,20-,21+,22+,24-,25+,26+,27+/m1/s1. The second kappa shape index (κ2) is 7.43. The SMILES string of the molecule is CCCOC(=O)CC[C@]1(O)[C@H]2CC[C@H]2[C@H]2[C@@H]3CCC4=CC(=O)CC[C@]4(C)[C@H]3CC[C@@]21C. The average Bonchev–Trinajstić information content (AvgIpc) is 2.85. The van der Waals surface area contributed by atoms with Crippen LogP contribution in [0.2, 0.25) is 0 Å². The largest absolute Gasteiger partial charge is 0.466 e. The van der Waals surface area contributed by atoms with Crippen LogP contribution in [0, 0.1) is 40.4 Å². The van der Waals surface area contributed by atoms with Gasteiger partial charge in [-0.3, -0.25) is 9.59 Å². The Morgan fingerprint density at radius 3 is 2.58 bits per heavy atom. The van der Waals surface area contributed by atoms with Gasteiger partial charge in [-0.05, 0) is 104 Å². The van der Waals surface area contributed by atoms with Crippen LogP contribution in [0.25, 0.3) is 0 Å². The molecule has 0 amide bonds. The minimum absolute atomic E-state index is 0.104. The lowest BCUT2D eigenvalue weighted by Gasteiger charge is -2.59. The number of esters is 1. The van der Waals surface area contributed by atoms with Gasteiger partial charge in [0.1, 0.15) is 0 Å². The first kappa shape index (κ1) is 21.7. The van der Waals surface area contributed by atoms with Crippen LogP contribution in [-0.4, -0.2) is 29.1 Å². The van der Waals surface area contributed by atoms with Crippen LogP contribution in [0.3, 0.4) is 0 Å². The van der Waals surface area contributed by atoms with E-state index in [2.05, 4.69) is 13.8 Å². The molecule has 5 rings (SSSR count). The number of ether oxygens (including phenoxy) is 1. The van der Waals surface area contributed by atoms with Gasteiger partial charge in [-0.1, -0.05) is 26.3 Å². The number of ketones is 1. The molecule has 31 heavy (non-hydrogen) atoms. The van der Waals surface area contributed by atoms with Crippen molar-refractivity contribution in [2.75, 3.05) is 6.61 Å². The van der Waals surface area contributed by atoms with Gasteiger partial charge in [-0.15, -0.1) is 0 Å². The summed E-state index contributed by atoms with van der Waals surface area (Å²) in [5, 5.41) is 12.2. The Kier molecular flexibility index (Phi) is 5.20. The Morgan fingerprint density at radius 1 is 1.10 bits per heavy atom. The molecule has 8 atom stereocenters. The van der Waals surface area contributed by atoms with Crippen LogP contribution in [0.4, 0.5) is 0 Å². The van der Waals surface area contributed by atoms with Crippen LogP contribution < -0.4 is 0 Å². The number of fused-ring (bicyclic) bond motifs is 7. The lowest BCUT2D eigenvalue weighted by atomic mass is 9.45. The van der Waals surface area contributed by atoms with Crippen molar-refractivity contribution in [3.63, 3.8) is 0 Å². The molecule has 0 spiro atoms. The third-order valence-corrected chi connectivity index (χ3v) is 10.8. The molecule has 0 aromatic rings. The highest BCUT2D eigenvalue weighted by molar-refractivity contribution is 5.91. The van der Waals surface area contributed by atoms with Crippen molar-refractivity contribution in [1.82, 2.24) is 0 Å². The summed E-state index contributed by atoms with van der Waals surface area (Å²) in [5.41, 5.74) is 0.733. The fourth-order valence-corrected chi connectivity index (χ4v) is 9.13. The predicted molar refractivity (Wildman–Crippen MR) is 119 cm³/mol. The number of carbonyl (C=O) groups is 2. The highest BCUT2D eigenvalue weighted by Gasteiger charge is 2.72. The monoisotopic (exact) mass is 428 g/mol. The Labute approximate surface area is 187 Å². The number of aliphatic hydroxyl groups is 1. The van der Waals surface area contributed by atoms with Crippen molar-refractivity contribution in [1.29, 1.82) is 0 Å². The zero-order chi connectivity index (χ0) is 22.0. The van der Waals surface area contributed by atoms with Gasteiger partial charge in [0.2, 0.25) is 0 Å². The molecule has 0 unspecified atom stereocenters. The molecule has 4 heteroatoms. The van der Waals surface area contributed by atoms with Gasteiger partial charge in [0.15, 0.2) is 5.78 Å². The Bertz CT molecular complexity index is 801. The number of rotatable bonds is 5. The van der Waals surface area contributed by atoms with E-state index in [1.165, 1.54) is 12.0 Å². The maximum atomic E-state index is 12.3. The van der Waals surface area contributed by atoms with Crippen molar-refractivity contribution in [2.45, 2.75) is 97.0 Å². The zero-order valence-electron chi connectivity index (χ0n) is 19.6. The molecule has 0 bridgehead atoms. The highest BCUT2D eigenvalue weighted by atomic mass is 16.5. The van der Waals surface area contributed by atoms with Gasteiger partial charge in [0, 0.05) is 12.8 Å². The van der Waals surface area contributed by atoms with E-state index in [0.29, 0.717) is 61.2 Å². The van der Waals surface area contributed by atoms with Crippen molar-refractivity contribution >= 4 is 11.8 Å². The Hall–Kier alpha value is -1.16. The molecular weight excluding hydrogens is 388 g/mol. The maximum Gasteiger partial charge on any atom is 0.305 e. The molecule has 4 nitrogen and oxygen atoms in total. The minimum atomic E-state index is -0.740. The summed E-state index contributed by atoms with van der Waals surface area (Å²) < 4.78 is 5.33. The molecule has 5 aliphatic carbocycles. The van der Waals surface area contributed by atoms with Crippen LogP contribution in [0.1, 0.15) is 91.4 Å². The van der Waals surface area contributed by atoms with Crippen LogP contribution in [-0.2, 0) is 14.3 Å². The molecule has 5 aliphatic rings. The molecule has 172 valence electrons. The van der Waals surface area contributed by atoms with Gasteiger partial charge in [0.05, 0.1) is 12.2 Å². The molecule has 1 N–H and O–H groups in total. The fourth-order valence-electron chi connectivity index (χ4n) is 9.13. The number of hydrogen-bond donors (Lipinski definition) is 1. The van der Waals surface area contributed by atoms with Gasteiger partial charge in [-0.25, -0.2) is 0 Å². The van der Waals surface area contributed by atoms with E-state index in [1.54, 1.807) is 0 Å². The van der Waals surface area contributed by atoms with Gasteiger partial charge in [0.25, 0.3) is 0 Å². The summed E-state index contributed by atoms with van der Waals surface area (Å²) in [7, 11) is 0. The summed E-state index contributed by atoms with van der Waals surface area (Å²) in [4.78, 5) is 24.3. The van der Waals surface area contributed by atoms with E-state index in [9.17, 15) is 14.7 Å². The fraction of sp³-hybridized carbons (Fsp3) is 0.852. The van der Waals surface area contributed by atoms with Crippen LogP contribution in [0.5, 0.6) is 0 Å². The second-order valence-corrected chi connectivity index (χ2v) is 11.8. The topological polar surface area (TPSA) is 63.6 Å². The highest BCUT2D eigenvalue weighted by Crippen LogP contribution is 2.74. The van der Waals surface area contributed by atoms with Crippen LogP contribution in [0.15, 0.2) is 11.6 Å². The summed E-state index contributed by atoms with van der Waals surface area (Å²) in [6.45, 7) is 7.26. The zero-order valence-corrected chi connectivity index (χ0v) is 19.6. The first-order valence-electron chi connectivity index (χ1n) is 12.9. The smallest absolute Gasteiger partial charge is 0.305 e. The van der Waals surface area contributed by atoms with Crippen molar-refractivity contribution in [3.05, 3.63) is 11.6 Å². The maximum absolute atomic E-state index is 12.3. The Balaban J connectivity index is 1.41. The number of hydrogen-bond acceptors (Lipinski definition) is 4. The van der Waals surface area contributed by atoms with Gasteiger partial charge >= 0.3 is 5.97 Å². The molecule has 0 radical (unpaired) electrons. The lowest BCUT2D eigenvalue weighted by Crippen LogP contribution is -2.55. The first-order chi connectivity index (χ1) is 14.7. The normalized spacial score (nSPS) is 47.9. The van der Waals surface area contributed by atoms with E-state index in [1.807, 2.05) is 13.0 Å². The van der Waals surface area contributed by atoms with Gasteiger partial charge in [-0.2, -0.15) is 0 Å². The summed E-state index contributed by atoms with van der Waals surface area (Å²) in [6, 6.07) is 0.